The fourth-order valence-corrected chi connectivity index (χ4v) is 7.67. The number of fused-ring (bicyclic) bond motifs is 5. The van der Waals surface area contributed by atoms with Gasteiger partial charge in [-0.25, -0.2) is 0 Å². The highest BCUT2D eigenvalue weighted by atomic mass is 16.3. The number of hydrogen-bond acceptors (Lipinski definition) is 2. The van der Waals surface area contributed by atoms with Crippen molar-refractivity contribution in [2.75, 3.05) is 4.90 Å². The zero-order valence-electron chi connectivity index (χ0n) is 29.7. The standard InChI is InChI=1S/C50H39NO/c1-50(2,3)44-22-14-24-47-48(44)43-33-46(41-20-10-11-21-42(41)49(43)52-47)51(45-23-13-12-19-40(45)38-17-8-5-9-18-38)39-31-29-37(30-32-39)36-27-25-35(26-28-36)34-15-6-4-7-16-34/h4-33H,1-3H3. The minimum absolute atomic E-state index is 0.0587. The highest BCUT2D eigenvalue weighted by Crippen LogP contribution is 2.48. The smallest absolute Gasteiger partial charge is 0.143 e. The molecule has 0 bridgehead atoms. The van der Waals surface area contributed by atoms with Gasteiger partial charge in [-0.1, -0.05) is 172 Å². The van der Waals surface area contributed by atoms with E-state index in [1.165, 1.54) is 44.3 Å². The monoisotopic (exact) mass is 669 g/mol. The molecule has 0 fully saturated rings. The van der Waals surface area contributed by atoms with Crippen LogP contribution >= 0.6 is 0 Å². The van der Waals surface area contributed by atoms with Gasteiger partial charge in [-0.3, -0.25) is 0 Å². The summed E-state index contributed by atoms with van der Waals surface area (Å²) in [5.74, 6) is 0. The largest absolute Gasteiger partial charge is 0.455 e. The molecule has 9 aromatic rings. The van der Waals surface area contributed by atoms with Crippen LogP contribution in [0.4, 0.5) is 17.1 Å². The zero-order chi connectivity index (χ0) is 35.2. The van der Waals surface area contributed by atoms with E-state index in [4.69, 9.17) is 4.42 Å². The third kappa shape index (κ3) is 5.54. The Morgan fingerprint density at radius 2 is 0.962 bits per heavy atom. The molecule has 8 aromatic carbocycles. The maximum absolute atomic E-state index is 6.72. The Labute approximate surface area is 305 Å². The maximum atomic E-state index is 6.72. The summed E-state index contributed by atoms with van der Waals surface area (Å²) in [5, 5.41) is 4.55. The first-order valence-corrected chi connectivity index (χ1v) is 18.0. The van der Waals surface area contributed by atoms with Crippen LogP contribution in [0.1, 0.15) is 26.3 Å². The van der Waals surface area contributed by atoms with Gasteiger partial charge in [-0.15, -0.1) is 0 Å². The molecule has 0 saturated carbocycles. The quantitative estimate of drug-likeness (QED) is 0.175. The number of benzene rings is 8. The lowest BCUT2D eigenvalue weighted by Crippen LogP contribution is -2.12. The zero-order valence-corrected chi connectivity index (χ0v) is 29.7. The molecule has 0 aliphatic heterocycles. The lowest BCUT2D eigenvalue weighted by Gasteiger charge is -2.29. The number of nitrogens with zero attached hydrogens (tertiary/aromatic N) is 1. The molecule has 1 aromatic heterocycles. The number of anilines is 3. The van der Waals surface area contributed by atoms with Crippen molar-refractivity contribution in [2.24, 2.45) is 0 Å². The van der Waals surface area contributed by atoms with Gasteiger partial charge < -0.3 is 9.32 Å². The summed E-state index contributed by atoms with van der Waals surface area (Å²) in [7, 11) is 0. The normalized spacial score (nSPS) is 11.8. The Morgan fingerprint density at radius 1 is 0.423 bits per heavy atom. The minimum Gasteiger partial charge on any atom is -0.455 e. The van der Waals surface area contributed by atoms with Crippen LogP contribution < -0.4 is 4.90 Å². The Bertz CT molecular complexity index is 2680. The summed E-state index contributed by atoms with van der Waals surface area (Å²) < 4.78 is 6.72. The van der Waals surface area contributed by atoms with E-state index in [1.54, 1.807) is 0 Å². The van der Waals surface area contributed by atoms with E-state index >= 15 is 0 Å². The van der Waals surface area contributed by atoms with Gasteiger partial charge in [-0.2, -0.15) is 0 Å². The van der Waals surface area contributed by atoms with E-state index in [0.717, 1.165) is 44.4 Å². The topological polar surface area (TPSA) is 16.4 Å². The highest BCUT2D eigenvalue weighted by Gasteiger charge is 2.25. The van der Waals surface area contributed by atoms with E-state index in [-0.39, 0.29) is 5.41 Å². The fraction of sp³-hybridized carbons (Fsp3) is 0.0800. The summed E-state index contributed by atoms with van der Waals surface area (Å²) in [6, 6.07) is 65.3. The highest BCUT2D eigenvalue weighted by molar-refractivity contribution is 6.20. The van der Waals surface area contributed by atoms with Crippen molar-refractivity contribution >= 4 is 49.8 Å². The van der Waals surface area contributed by atoms with Crippen molar-refractivity contribution in [3.8, 4) is 33.4 Å². The predicted octanol–water partition coefficient (Wildman–Crippen LogP) is 14.5. The molecule has 52 heavy (non-hydrogen) atoms. The van der Waals surface area contributed by atoms with Crippen molar-refractivity contribution in [1.29, 1.82) is 0 Å². The summed E-state index contributed by atoms with van der Waals surface area (Å²) in [5.41, 5.74) is 13.5. The van der Waals surface area contributed by atoms with Gasteiger partial charge in [0.25, 0.3) is 0 Å². The minimum atomic E-state index is -0.0587. The predicted molar refractivity (Wildman–Crippen MR) is 221 cm³/mol. The SMILES string of the molecule is CC(C)(C)c1cccc2oc3c4ccccc4c(N(c4ccc(-c5ccc(-c6ccccc6)cc5)cc4)c4ccccc4-c4ccccc4)cc3c12. The van der Waals surface area contributed by atoms with E-state index in [2.05, 4.69) is 208 Å². The molecule has 250 valence electrons. The Morgan fingerprint density at radius 3 is 1.62 bits per heavy atom. The first-order valence-electron chi connectivity index (χ1n) is 18.0. The number of furan rings is 1. The van der Waals surface area contributed by atoms with Gasteiger partial charge in [0.05, 0.1) is 11.4 Å². The van der Waals surface area contributed by atoms with Crippen molar-refractivity contribution < 1.29 is 4.42 Å². The van der Waals surface area contributed by atoms with Crippen molar-refractivity contribution in [1.82, 2.24) is 0 Å². The Balaban J connectivity index is 1.27. The van der Waals surface area contributed by atoms with E-state index in [0.29, 0.717) is 0 Å². The molecule has 0 N–H and O–H groups in total. The van der Waals surface area contributed by atoms with E-state index in [1.807, 2.05) is 0 Å². The molecule has 2 heteroatoms. The van der Waals surface area contributed by atoms with Gasteiger partial charge >= 0.3 is 0 Å². The maximum Gasteiger partial charge on any atom is 0.143 e. The molecule has 0 spiro atoms. The van der Waals surface area contributed by atoms with Gasteiger partial charge in [-0.05, 0) is 69.1 Å². The van der Waals surface area contributed by atoms with Crippen molar-refractivity contribution in [2.45, 2.75) is 26.2 Å². The molecule has 2 nitrogen and oxygen atoms in total. The first-order chi connectivity index (χ1) is 25.4. The molecule has 0 saturated heterocycles. The molecule has 1 heterocycles. The second-order valence-corrected chi connectivity index (χ2v) is 14.6. The summed E-state index contributed by atoms with van der Waals surface area (Å²) in [6.45, 7) is 6.84. The summed E-state index contributed by atoms with van der Waals surface area (Å²) in [6.07, 6.45) is 0. The van der Waals surface area contributed by atoms with Gasteiger partial charge in [0.15, 0.2) is 0 Å². The number of para-hydroxylation sites is 1. The number of hydrogen-bond donors (Lipinski definition) is 0. The molecule has 0 aliphatic rings. The van der Waals surface area contributed by atoms with Crippen molar-refractivity contribution in [3.05, 3.63) is 188 Å². The summed E-state index contributed by atoms with van der Waals surface area (Å²) in [4.78, 5) is 2.44. The molecule has 0 amide bonds. The molecular formula is C50H39NO. The molecule has 0 atom stereocenters. The van der Waals surface area contributed by atoms with E-state index in [9.17, 15) is 0 Å². The van der Waals surface area contributed by atoms with Crippen LogP contribution in [-0.2, 0) is 5.41 Å². The molecular weight excluding hydrogens is 631 g/mol. The third-order valence-electron chi connectivity index (χ3n) is 10.2. The Hall–Kier alpha value is -6.38. The van der Waals surface area contributed by atoms with Crippen LogP contribution in [0.3, 0.4) is 0 Å². The Kier molecular flexibility index (Phi) is 7.74. The van der Waals surface area contributed by atoms with Crippen LogP contribution in [0.2, 0.25) is 0 Å². The van der Waals surface area contributed by atoms with E-state index < -0.39 is 0 Å². The average Bonchev–Trinajstić information content (AvgIpc) is 3.58. The lowest BCUT2D eigenvalue weighted by atomic mass is 9.84. The third-order valence-corrected chi connectivity index (χ3v) is 10.2. The lowest BCUT2D eigenvalue weighted by molar-refractivity contribution is 0.594. The van der Waals surface area contributed by atoms with Crippen LogP contribution in [0.25, 0.3) is 66.1 Å². The fourth-order valence-electron chi connectivity index (χ4n) is 7.67. The van der Waals surface area contributed by atoms with Gasteiger partial charge in [0.1, 0.15) is 11.2 Å². The average molecular weight is 670 g/mol. The van der Waals surface area contributed by atoms with Crippen molar-refractivity contribution in [3.63, 3.8) is 0 Å². The van der Waals surface area contributed by atoms with Gasteiger partial charge in [0.2, 0.25) is 0 Å². The van der Waals surface area contributed by atoms with Crippen LogP contribution in [-0.4, -0.2) is 0 Å². The number of rotatable bonds is 6. The molecule has 0 aliphatic carbocycles. The van der Waals surface area contributed by atoms with Crippen LogP contribution in [0.15, 0.2) is 186 Å². The molecule has 0 unspecified atom stereocenters. The second-order valence-electron chi connectivity index (χ2n) is 14.6. The second kappa shape index (κ2) is 12.7. The first kappa shape index (κ1) is 31.6. The summed E-state index contributed by atoms with van der Waals surface area (Å²) >= 11 is 0. The molecule has 9 rings (SSSR count). The van der Waals surface area contributed by atoms with Crippen LogP contribution in [0.5, 0.6) is 0 Å². The molecule has 0 radical (unpaired) electrons. The van der Waals surface area contributed by atoms with Gasteiger partial charge in [0, 0.05) is 32.8 Å². The van der Waals surface area contributed by atoms with Crippen LogP contribution in [0, 0.1) is 0 Å².